The van der Waals surface area contributed by atoms with E-state index in [2.05, 4.69) is 36.3 Å². The molecule has 4 rings (SSSR count). The van der Waals surface area contributed by atoms with E-state index in [9.17, 15) is 9.59 Å². The van der Waals surface area contributed by atoms with Gasteiger partial charge in [0.25, 0.3) is 0 Å². The minimum Gasteiger partial charge on any atom is -0.357 e. The van der Waals surface area contributed by atoms with Crippen LogP contribution in [0.2, 0.25) is 0 Å². The second-order valence-corrected chi connectivity index (χ2v) is 9.29. The van der Waals surface area contributed by atoms with E-state index >= 15 is 0 Å². The summed E-state index contributed by atoms with van der Waals surface area (Å²) in [7, 11) is 0. The van der Waals surface area contributed by atoms with Crippen molar-refractivity contribution in [1.82, 2.24) is 5.32 Å². The maximum absolute atomic E-state index is 13.2. The van der Waals surface area contributed by atoms with Gasteiger partial charge in [0.2, 0.25) is 5.91 Å². The van der Waals surface area contributed by atoms with Crippen molar-refractivity contribution in [3.8, 4) is 0 Å². The maximum atomic E-state index is 13.2. The van der Waals surface area contributed by atoms with Gasteiger partial charge in [0, 0.05) is 24.2 Å². The molecule has 5 nitrogen and oxygen atoms in total. The number of carbonyl (C=O) groups excluding carboxylic acids is 2. The zero-order chi connectivity index (χ0) is 22.0. The number of carbonyl (C=O) groups is 2. The summed E-state index contributed by atoms with van der Waals surface area (Å²) in [6.07, 6.45) is 2.12. The van der Waals surface area contributed by atoms with Gasteiger partial charge in [-0.1, -0.05) is 63.2 Å². The largest absolute Gasteiger partial charge is 0.357 e. The van der Waals surface area contributed by atoms with Gasteiger partial charge < -0.3 is 15.5 Å². The molecule has 1 aliphatic heterocycles. The normalized spacial score (nSPS) is 19.8. The third kappa shape index (κ3) is 4.50. The Morgan fingerprint density at radius 1 is 1.10 bits per heavy atom. The lowest BCUT2D eigenvalue weighted by molar-refractivity contribution is -0.120. The highest BCUT2D eigenvalue weighted by Crippen LogP contribution is 2.44. The summed E-state index contributed by atoms with van der Waals surface area (Å²) in [5.74, 6) is 0.137. The molecule has 1 aliphatic carbocycles. The first kappa shape index (κ1) is 21.2. The van der Waals surface area contributed by atoms with Crippen LogP contribution in [-0.2, 0) is 16.1 Å². The van der Waals surface area contributed by atoms with E-state index in [1.165, 1.54) is 0 Å². The molecule has 2 aliphatic rings. The molecule has 2 N–H and O–H groups in total. The summed E-state index contributed by atoms with van der Waals surface area (Å²) in [5, 5.41) is 6.59. The molecule has 162 valence electrons. The first-order chi connectivity index (χ1) is 14.9. The van der Waals surface area contributed by atoms with Crippen LogP contribution >= 0.6 is 0 Å². The van der Waals surface area contributed by atoms with E-state index in [0.29, 0.717) is 13.0 Å². The number of benzene rings is 2. The second kappa shape index (κ2) is 8.58. The fraction of sp³-hybridized carbons (Fsp3) is 0.385. The van der Waals surface area contributed by atoms with Crippen molar-refractivity contribution in [3.05, 3.63) is 71.4 Å². The highest BCUT2D eigenvalue weighted by molar-refractivity contribution is 6.01. The van der Waals surface area contributed by atoms with Crippen molar-refractivity contribution in [2.75, 3.05) is 16.8 Å². The van der Waals surface area contributed by atoms with Crippen molar-refractivity contribution in [2.45, 2.75) is 52.6 Å². The van der Waals surface area contributed by atoms with Crippen LogP contribution in [0.3, 0.4) is 0 Å². The standard InChI is InChI=1S/C26H31N3O2/c1-4-21-25-20(14-26(2,3)15-23(25)30)28-19-12-8-9-13-22(19)29(21)17-24(31)27-16-18-10-6-5-7-11-18/h5-13,21,28H,4,14-17H2,1-3H3,(H,27,31). The van der Waals surface area contributed by atoms with E-state index in [1.54, 1.807) is 0 Å². The Hall–Kier alpha value is -3.08. The number of allylic oxidation sites excluding steroid dienone is 1. The number of anilines is 2. The van der Waals surface area contributed by atoms with Crippen LogP contribution in [0.5, 0.6) is 0 Å². The van der Waals surface area contributed by atoms with E-state index < -0.39 is 0 Å². The summed E-state index contributed by atoms with van der Waals surface area (Å²) in [6.45, 7) is 7.07. The lowest BCUT2D eigenvalue weighted by Crippen LogP contribution is -2.46. The molecule has 0 radical (unpaired) electrons. The van der Waals surface area contributed by atoms with Gasteiger partial charge >= 0.3 is 0 Å². The zero-order valence-electron chi connectivity index (χ0n) is 18.6. The molecule has 0 bridgehead atoms. The van der Waals surface area contributed by atoms with Crippen LogP contribution in [0.4, 0.5) is 11.4 Å². The number of nitrogens with zero attached hydrogens (tertiary/aromatic N) is 1. The molecule has 2 aromatic carbocycles. The van der Waals surface area contributed by atoms with Crippen LogP contribution in [-0.4, -0.2) is 24.3 Å². The molecule has 5 heteroatoms. The number of amides is 1. The van der Waals surface area contributed by atoms with Gasteiger partial charge in [-0.2, -0.15) is 0 Å². The Morgan fingerprint density at radius 3 is 2.55 bits per heavy atom. The number of nitrogens with one attached hydrogen (secondary N) is 2. The fourth-order valence-corrected chi connectivity index (χ4v) is 4.78. The average Bonchev–Trinajstić information content (AvgIpc) is 2.86. The average molecular weight is 418 g/mol. The van der Waals surface area contributed by atoms with Gasteiger partial charge in [0.1, 0.15) is 0 Å². The molecular formula is C26H31N3O2. The van der Waals surface area contributed by atoms with E-state index in [4.69, 9.17) is 0 Å². The number of hydrogen-bond donors (Lipinski definition) is 2. The Kier molecular flexibility index (Phi) is 5.86. The van der Waals surface area contributed by atoms with Gasteiger partial charge in [0.05, 0.1) is 24.0 Å². The second-order valence-electron chi connectivity index (χ2n) is 9.29. The minimum atomic E-state index is -0.128. The molecular weight excluding hydrogens is 386 g/mol. The molecule has 31 heavy (non-hydrogen) atoms. The molecule has 2 aromatic rings. The number of para-hydroxylation sites is 2. The first-order valence-corrected chi connectivity index (χ1v) is 11.1. The number of ketones is 1. The Bertz CT molecular complexity index is 1010. The monoisotopic (exact) mass is 417 g/mol. The van der Waals surface area contributed by atoms with Crippen molar-refractivity contribution >= 4 is 23.1 Å². The van der Waals surface area contributed by atoms with Gasteiger partial charge in [-0.3, -0.25) is 9.59 Å². The van der Waals surface area contributed by atoms with Gasteiger partial charge in [-0.25, -0.2) is 0 Å². The molecule has 1 heterocycles. The Morgan fingerprint density at radius 2 is 1.81 bits per heavy atom. The van der Waals surface area contributed by atoms with Crippen molar-refractivity contribution < 1.29 is 9.59 Å². The zero-order valence-corrected chi connectivity index (χ0v) is 18.6. The molecule has 0 aromatic heterocycles. The fourth-order valence-electron chi connectivity index (χ4n) is 4.78. The van der Waals surface area contributed by atoms with Crippen LogP contribution < -0.4 is 15.5 Å². The summed E-state index contributed by atoms with van der Waals surface area (Å²) in [5.41, 5.74) is 4.76. The van der Waals surface area contributed by atoms with Crippen LogP contribution in [0.15, 0.2) is 65.9 Å². The summed E-state index contributed by atoms with van der Waals surface area (Å²) >= 11 is 0. The summed E-state index contributed by atoms with van der Waals surface area (Å²) in [6, 6.07) is 17.8. The maximum Gasteiger partial charge on any atom is 0.239 e. The van der Waals surface area contributed by atoms with Crippen LogP contribution in [0.25, 0.3) is 0 Å². The third-order valence-electron chi connectivity index (χ3n) is 6.16. The first-order valence-electron chi connectivity index (χ1n) is 11.1. The van der Waals surface area contributed by atoms with E-state index in [0.717, 1.165) is 41.1 Å². The summed E-state index contributed by atoms with van der Waals surface area (Å²) in [4.78, 5) is 28.3. The summed E-state index contributed by atoms with van der Waals surface area (Å²) < 4.78 is 0. The molecule has 1 unspecified atom stereocenters. The van der Waals surface area contributed by atoms with Gasteiger partial charge in [-0.15, -0.1) is 0 Å². The lowest BCUT2D eigenvalue weighted by Gasteiger charge is -2.37. The Balaban J connectivity index is 1.64. The van der Waals surface area contributed by atoms with Gasteiger partial charge in [0.15, 0.2) is 5.78 Å². The topological polar surface area (TPSA) is 61.4 Å². The predicted molar refractivity (Wildman–Crippen MR) is 125 cm³/mol. The number of fused-ring (bicyclic) bond motifs is 1. The number of rotatable bonds is 5. The van der Waals surface area contributed by atoms with Crippen molar-refractivity contribution in [2.24, 2.45) is 5.41 Å². The predicted octanol–water partition coefficient (Wildman–Crippen LogP) is 4.66. The minimum absolute atomic E-state index is 0.0512. The highest BCUT2D eigenvalue weighted by atomic mass is 16.2. The highest BCUT2D eigenvalue weighted by Gasteiger charge is 2.40. The van der Waals surface area contributed by atoms with E-state index in [1.807, 2.05) is 54.6 Å². The quantitative estimate of drug-likeness (QED) is 0.743. The smallest absolute Gasteiger partial charge is 0.239 e. The van der Waals surface area contributed by atoms with Gasteiger partial charge in [-0.05, 0) is 36.0 Å². The third-order valence-corrected chi connectivity index (χ3v) is 6.16. The van der Waals surface area contributed by atoms with Crippen LogP contribution in [0.1, 0.15) is 45.6 Å². The number of hydrogen-bond acceptors (Lipinski definition) is 4. The Labute approximate surface area is 184 Å². The van der Waals surface area contributed by atoms with Crippen LogP contribution in [0, 0.1) is 5.41 Å². The molecule has 1 atom stereocenters. The molecule has 0 fully saturated rings. The molecule has 0 saturated carbocycles. The molecule has 0 spiro atoms. The molecule has 1 amide bonds. The lowest BCUT2D eigenvalue weighted by atomic mass is 9.74. The SMILES string of the molecule is CCC1C2=C(CC(C)(C)CC2=O)Nc2ccccc2N1CC(=O)NCc1ccccc1. The van der Waals surface area contributed by atoms with Crippen molar-refractivity contribution in [3.63, 3.8) is 0 Å². The number of Topliss-reactive ketones (excluding diaryl/α,β-unsaturated/α-hetero) is 1. The van der Waals surface area contributed by atoms with Crippen molar-refractivity contribution in [1.29, 1.82) is 0 Å². The molecule has 0 saturated heterocycles. The van der Waals surface area contributed by atoms with E-state index in [-0.39, 0.29) is 29.7 Å².